The molecule has 36 heavy (non-hydrogen) atoms. The minimum Gasteiger partial charge on any atom is -0.480 e. The van der Waals surface area contributed by atoms with Gasteiger partial charge in [0.15, 0.2) is 0 Å². The normalized spacial score (nSPS) is 27.5. The number of nitrogens with two attached hydrogens (primary N) is 1. The van der Waals surface area contributed by atoms with Gasteiger partial charge in [-0.3, -0.25) is 13.8 Å². The van der Waals surface area contributed by atoms with Crippen LogP contribution in [0.2, 0.25) is 0 Å². The molecule has 2 aliphatic heterocycles. The number of esters is 1. The third-order valence-electron chi connectivity index (χ3n) is 5.80. The number of carbonyl (C=O) groups excluding carboxylic acids is 1. The van der Waals surface area contributed by atoms with E-state index in [1.54, 1.807) is 35.0 Å². The Kier molecular flexibility index (Phi) is 11.8. The van der Waals surface area contributed by atoms with E-state index < -0.39 is 24.4 Å². The summed E-state index contributed by atoms with van der Waals surface area (Å²) in [5, 5.41) is 0.991. The van der Waals surface area contributed by atoms with Crippen molar-refractivity contribution in [2.24, 2.45) is 16.1 Å². The number of hydrogen-bond donors (Lipinski definition) is 1. The summed E-state index contributed by atoms with van der Waals surface area (Å²) < 4.78 is 41.4. The Hall–Kier alpha value is -1.09. The van der Waals surface area contributed by atoms with Gasteiger partial charge in [0.25, 0.3) is 0 Å². The molecule has 2 heterocycles. The van der Waals surface area contributed by atoms with Gasteiger partial charge in [-0.25, -0.2) is 4.57 Å². The number of aliphatic imine (C=N–C) groups is 1. The lowest BCUT2D eigenvalue weighted by atomic mass is 9.98. The van der Waals surface area contributed by atoms with Crippen molar-refractivity contribution in [3.8, 4) is 0 Å². The Balaban J connectivity index is 2.17. The van der Waals surface area contributed by atoms with Gasteiger partial charge in [0.1, 0.15) is 24.0 Å². The van der Waals surface area contributed by atoms with E-state index in [0.717, 1.165) is 41.5 Å². The lowest BCUT2D eigenvalue weighted by Crippen LogP contribution is -2.50. The monoisotopic (exact) mass is 565 g/mol. The van der Waals surface area contributed by atoms with Crippen LogP contribution in [0.25, 0.3) is 0 Å². The van der Waals surface area contributed by atoms with Crippen LogP contribution in [0.1, 0.15) is 54.4 Å². The highest BCUT2D eigenvalue weighted by molar-refractivity contribution is 8.55. The second-order valence-electron chi connectivity index (χ2n) is 9.56. The van der Waals surface area contributed by atoms with Gasteiger partial charge in [0.2, 0.25) is 5.90 Å². The van der Waals surface area contributed by atoms with Gasteiger partial charge in [0.05, 0.1) is 30.5 Å². The first kappa shape index (κ1) is 31.1. The third-order valence-corrected chi connectivity index (χ3v) is 10.6. The Morgan fingerprint density at radius 1 is 1.42 bits per heavy atom. The van der Waals surface area contributed by atoms with E-state index in [0.29, 0.717) is 20.3 Å². The van der Waals surface area contributed by atoms with E-state index in [9.17, 15) is 9.36 Å². The van der Waals surface area contributed by atoms with Crippen molar-refractivity contribution in [1.29, 1.82) is 0 Å². The van der Waals surface area contributed by atoms with Crippen molar-refractivity contribution in [2.45, 2.75) is 72.6 Å². The Morgan fingerprint density at radius 2 is 2.11 bits per heavy atom. The lowest BCUT2D eigenvalue weighted by molar-refractivity contribution is -0.150. The van der Waals surface area contributed by atoms with Crippen LogP contribution in [0.5, 0.6) is 0 Å². The number of nitrogens with zero attached hydrogens (tertiary/aromatic N) is 2. The number of hydrogen-bond acceptors (Lipinski definition) is 11. The first-order valence-corrected chi connectivity index (χ1v) is 16.3. The number of carbonyl (C=O) groups is 1. The number of ether oxygens (including phenoxy) is 3. The quantitative estimate of drug-likeness (QED) is 0.127. The van der Waals surface area contributed by atoms with Gasteiger partial charge in [-0.2, -0.15) is 4.99 Å². The molecule has 0 aromatic heterocycles. The van der Waals surface area contributed by atoms with Crippen LogP contribution in [0.4, 0.5) is 0 Å². The maximum absolute atomic E-state index is 13.3. The molecule has 2 aliphatic rings. The van der Waals surface area contributed by atoms with Crippen LogP contribution < -0.4 is 5.73 Å². The molecule has 0 bridgehead atoms. The van der Waals surface area contributed by atoms with Crippen molar-refractivity contribution in [3.05, 3.63) is 22.9 Å². The summed E-state index contributed by atoms with van der Waals surface area (Å²) in [6, 6.07) is -0.180. The van der Waals surface area contributed by atoms with Crippen molar-refractivity contribution < 1.29 is 32.6 Å². The van der Waals surface area contributed by atoms with E-state index in [-0.39, 0.29) is 24.6 Å². The Bertz CT molecular complexity index is 920. The van der Waals surface area contributed by atoms with Crippen molar-refractivity contribution in [2.75, 3.05) is 33.1 Å². The van der Waals surface area contributed by atoms with Gasteiger partial charge in [0, 0.05) is 30.5 Å². The average molecular weight is 566 g/mol. The molecule has 0 aromatic carbocycles. The summed E-state index contributed by atoms with van der Waals surface area (Å²) in [6.07, 6.45) is 3.52. The molecule has 3 unspecified atom stereocenters. The standard InChI is InChI=1S/C23H41N3O7P2S/c1-9-10-11-18(24)25-21(30-8)20-16(3)26(13-34-20)15(2)19-17(29-7)12-32-35(28,33-19)36-14-31-22(27)23(4,5)6/h11,15,17,19,34H,9-10,12-14,24H2,1-8H3/b18-11+,25-21+/t15-,17+,19?,35?/m0/s1. The predicted molar refractivity (Wildman–Crippen MR) is 146 cm³/mol. The fraction of sp³-hybridized carbons (Fsp3) is 0.739. The largest absolute Gasteiger partial charge is 0.480 e. The predicted octanol–water partition coefficient (Wildman–Crippen LogP) is 5.02. The number of unbranched alkanes of at least 4 members (excludes halogenated alkanes) is 1. The molecule has 2 N–H and O–H groups in total. The summed E-state index contributed by atoms with van der Waals surface area (Å²) >= 11 is 0.868. The molecule has 0 aromatic rings. The summed E-state index contributed by atoms with van der Waals surface area (Å²) in [4.78, 5) is 18.7. The highest BCUT2D eigenvalue weighted by Crippen LogP contribution is 2.64. The molecule has 206 valence electrons. The van der Waals surface area contributed by atoms with Crippen LogP contribution in [0.15, 0.2) is 27.9 Å². The second-order valence-corrected chi connectivity index (χ2v) is 14.7. The molecule has 1 saturated heterocycles. The van der Waals surface area contributed by atoms with Crippen molar-refractivity contribution >= 4 is 38.6 Å². The maximum Gasteiger partial charge on any atom is 0.392 e. The fourth-order valence-electron chi connectivity index (χ4n) is 3.61. The minimum atomic E-state index is -3.57. The zero-order valence-corrected chi connectivity index (χ0v) is 25.2. The molecule has 5 atom stereocenters. The van der Waals surface area contributed by atoms with Crippen LogP contribution in [-0.2, 0) is 32.6 Å². The van der Waals surface area contributed by atoms with Crippen LogP contribution >= 0.6 is 26.8 Å². The molecule has 0 aliphatic carbocycles. The molecule has 1 fully saturated rings. The van der Waals surface area contributed by atoms with Crippen molar-refractivity contribution in [3.63, 3.8) is 0 Å². The van der Waals surface area contributed by atoms with Gasteiger partial charge in [-0.15, -0.1) is 0 Å². The molecule has 0 spiro atoms. The molecule has 13 heteroatoms. The Morgan fingerprint density at radius 3 is 2.69 bits per heavy atom. The zero-order chi connectivity index (χ0) is 27.1. The van der Waals surface area contributed by atoms with Crippen LogP contribution in [-0.4, -0.2) is 68.1 Å². The molecule has 0 saturated carbocycles. The number of rotatable bonds is 10. The van der Waals surface area contributed by atoms with E-state index in [1.807, 2.05) is 19.9 Å². The molecule has 0 radical (unpaired) electrons. The number of allylic oxidation sites excluding steroid dienone is 2. The van der Waals surface area contributed by atoms with E-state index in [2.05, 4.69) is 16.8 Å². The van der Waals surface area contributed by atoms with E-state index in [4.69, 9.17) is 29.0 Å². The van der Waals surface area contributed by atoms with Crippen LogP contribution in [0, 0.1) is 5.41 Å². The van der Waals surface area contributed by atoms with Gasteiger partial charge >= 0.3 is 12.8 Å². The highest BCUT2D eigenvalue weighted by Gasteiger charge is 2.45. The first-order chi connectivity index (χ1) is 16.9. The lowest BCUT2D eigenvalue weighted by Gasteiger charge is -2.41. The SMILES string of the molecule is CCC/C=C(N)/N=C(/OC)C1=C(C)N([C@@H](C)C2OP(=O)(SCOC(=O)C(C)(C)C)OC[C@H]2OC)CP1. The summed E-state index contributed by atoms with van der Waals surface area (Å²) in [5.41, 5.74) is 6.40. The van der Waals surface area contributed by atoms with Crippen molar-refractivity contribution in [1.82, 2.24) is 4.90 Å². The topological polar surface area (TPSA) is 122 Å². The Labute approximate surface area is 220 Å². The minimum absolute atomic E-state index is 0.109. The first-order valence-electron chi connectivity index (χ1n) is 11.9. The van der Waals surface area contributed by atoms with E-state index >= 15 is 0 Å². The van der Waals surface area contributed by atoms with Gasteiger partial charge in [-0.05, 0) is 47.1 Å². The van der Waals surface area contributed by atoms with E-state index in [1.165, 1.54) is 0 Å². The molecule has 10 nitrogen and oxygen atoms in total. The van der Waals surface area contributed by atoms with Gasteiger partial charge in [-0.1, -0.05) is 21.9 Å². The summed E-state index contributed by atoms with van der Waals surface area (Å²) in [5.74, 6) is 0.428. The maximum atomic E-state index is 13.3. The molecule has 2 rings (SSSR count). The average Bonchev–Trinajstić information content (AvgIpc) is 3.20. The fourth-order valence-corrected chi connectivity index (χ4v) is 8.03. The summed E-state index contributed by atoms with van der Waals surface area (Å²) in [7, 11) is 3.60. The smallest absolute Gasteiger partial charge is 0.392 e. The van der Waals surface area contributed by atoms with Gasteiger partial charge < -0.3 is 24.8 Å². The molecular weight excluding hydrogens is 524 g/mol. The van der Waals surface area contributed by atoms with Crippen LogP contribution in [0.3, 0.4) is 0 Å². The molecular formula is C23H41N3O7P2S. The second kappa shape index (κ2) is 13.6. The third kappa shape index (κ3) is 8.20. The summed E-state index contributed by atoms with van der Waals surface area (Å²) in [6.45, 7) is 7.91. The highest BCUT2D eigenvalue weighted by atomic mass is 32.7. The number of methoxy groups -OCH3 is 2. The molecule has 0 amide bonds. The zero-order valence-electron chi connectivity index (χ0n) is 22.5.